The molecule has 0 bridgehead atoms. The van der Waals surface area contributed by atoms with Crippen LogP contribution in [0.4, 0.5) is 5.69 Å². The van der Waals surface area contributed by atoms with E-state index in [2.05, 4.69) is 4.98 Å². The summed E-state index contributed by atoms with van der Waals surface area (Å²) in [6.45, 7) is 0. The van der Waals surface area contributed by atoms with Crippen molar-refractivity contribution in [3.05, 3.63) is 58.3 Å². The highest BCUT2D eigenvalue weighted by Gasteiger charge is 2.22. The molecule has 0 radical (unpaired) electrons. The van der Waals surface area contributed by atoms with Crippen molar-refractivity contribution in [2.24, 2.45) is 0 Å². The molecule has 1 heterocycles. The zero-order valence-electron chi connectivity index (χ0n) is 12.3. The largest absolute Gasteiger partial charge is 0.432 e. The Labute approximate surface area is 129 Å². The van der Waals surface area contributed by atoms with Crippen molar-refractivity contribution in [1.29, 1.82) is 0 Å². The highest BCUT2D eigenvalue weighted by molar-refractivity contribution is 5.50. The molecule has 1 saturated carbocycles. The molecule has 0 amide bonds. The van der Waals surface area contributed by atoms with Crippen molar-refractivity contribution in [3.63, 3.8) is 0 Å². The standard InChI is InChI=1S/C17H18N2O3/c20-19(21)15-12-14(13-6-2-1-3-7-13)9-10-16(15)22-17-8-4-5-11-18-17/h4-5,8-13H,1-3,6-7H2. The predicted molar refractivity (Wildman–Crippen MR) is 83.2 cm³/mol. The molecular formula is C17H18N2O3. The maximum Gasteiger partial charge on any atom is 0.311 e. The van der Waals surface area contributed by atoms with Crippen LogP contribution in [0.2, 0.25) is 0 Å². The molecule has 0 unspecified atom stereocenters. The van der Waals surface area contributed by atoms with Gasteiger partial charge in [0, 0.05) is 18.3 Å². The summed E-state index contributed by atoms with van der Waals surface area (Å²) in [6.07, 6.45) is 7.47. The Bertz CT molecular complexity index is 652. The number of ether oxygens (including phenoxy) is 1. The summed E-state index contributed by atoms with van der Waals surface area (Å²) in [6, 6.07) is 10.5. The van der Waals surface area contributed by atoms with E-state index in [0.29, 0.717) is 11.8 Å². The monoisotopic (exact) mass is 298 g/mol. The first-order chi connectivity index (χ1) is 10.7. The Morgan fingerprint density at radius 3 is 2.64 bits per heavy atom. The molecule has 0 N–H and O–H groups in total. The summed E-state index contributed by atoms with van der Waals surface area (Å²) >= 11 is 0. The van der Waals surface area contributed by atoms with Crippen LogP contribution in [-0.4, -0.2) is 9.91 Å². The molecular weight excluding hydrogens is 280 g/mol. The fourth-order valence-electron chi connectivity index (χ4n) is 2.97. The third-order valence-corrected chi connectivity index (χ3v) is 4.11. The number of benzene rings is 1. The van der Waals surface area contributed by atoms with Crippen LogP contribution in [0.5, 0.6) is 11.6 Å². The van der Waals surface area contributed by atoms with Gasteiger partial charge in [-0.05, 0) is 36.5 Å². The molecule has 22 heavy (non-hydrogen) atoms. The van der Waals surface area contributed by atoms with Crippen molar-refractivity contribution in [2.75, 3.05) is 0 Å². The van der Waals surface area contributed by atoms with Crippen LogP contribution in [0.25, 0.3) is 0 Å². The molecule has 1 aromatic heterocycles. The number of nitro benzene ring substituents is 1. The summed E-state index contributed by atoms with van der Waals surface area (Å²) in [5.41, 5.74) is 1.05. The van der Waals surface area contributed by atoms with E-state index in [-0.39, 0.29) is 16.4 Å². The Kier molecular flexibility index (Phi) is 4.32. The molecule has 0 aliphatic heterocycles. The minimum absolute atomic E-state index is 0.00808. The highest BCUT2D eigenvalue weighted by Crippen LogP contribution is 2.38. The molecule has 1 aliphatic rings. The van der Waals surface area contributed by atoms with Crippen molar-refractivity contribution in [1.82, 2.24) is 4.98 Å². The molecule has 1 fully saturated rings. The smallest absolute Gasteiger partial charge is 0.311 e. The number of nitrogens with zero attached hydrogens (tertiary/aromatic N) is 2. The molecule has 0 atom stereocenters. The number of aromatic nitrogens is 1. The SMILES string of the molecule is O=[N+]([O-])c1cc(C2CCCCC2)ccc1Oc1ccccn1. The molecule has 1 aromatic carbocycles. The first kappa shape index (κ1) is 14.5. The molecule has 1 aliphatic carbocycles. The average Bonchev–Trinajstić information content (AvgIpc) is 2.57. The normalized spacial score (nSPS) is 15.5. The quantitative estimate of drug-likeness (QED) is 0.599. The minimum Gasteiger partial charge on any atom is -0.432 e. The number of rotatable bonds is 4. The van der Waals surface area contributed by atoms with E-state index in [1.165, 1.54) is 19.3 Å². The Morgan fingerprint density at radius 2 is 1.95 bits per heavy atom. The van der Waals surface area contributed by atoms with Crippen molar-refractivity contribution < 1.29 is 9.66 Å². The Hall–Kier alpha value is -2.43. The van der Waals surface area contributed by atoms with E-state index in [1.54, 1.807) is 36.5 Å². The summed E-state index contributed by atoms with van der Waals surface area (Å²) in [4.78, 5) is 15.0. The lowest BCUT2D eigenvalue weighted by Crippen LogP contribution is -2.05. The van der Waals surface area contributed by atoms with Crippen molar-refractivity contribution >= 4 is 5.69 Å². The zero-order chi connectivity index (χ0) is 15.4. The number of nitro groups is 1. The van der Waals surface area contributed by atoms with E-state index < -0.39 is 0 Å². The second kappa shape index (κ2) is 6.56. The molecule has 5 heteroatoms. The molecule has 0 spiro atoms. The summed E-state index contributed by atoms with van der Waals surface area (Å²) < 4.78 is 5.56. The van der Waals surface area contributed by atoms with Gasteiger partial charge < -0.3 is 4.74 Å². The molecule has 5 nitrogen and oxygen atoms in total. The van der Waals surface area contributed by atoms with Crippen LogP contribution in [-0.2, 0) is 0 Å². The van der Waals surface area contributed by atoms with Gasteiger partial charge in [-0.2, -0.15) is 0 Å². The Balaban J connectivity index is 1.88. The molecule has 2 aromatic rings. The van der Waals surface area contributed by atoms with E-state index in [0.717, 1.165) is 18.4 Å². The van der Waals surface area contributed by atoms with Crippen LogP contribution < -0.4 is 4.74 Å². The fourth-order valence-corrected chi connectivity index (χ4v) is 2.97. The average molecular weight is 298 g/mol. The van der Waals surface area contributed by atoms with Crippen LogP contribution in [0, 0.1) is 10.1 Å². The number of hydrogen-bond donors (Lipinski definition) is 0. The van der Waals surface area contributed by atoms with Gasteiger partial charge in [0.15, 0.2) is 0 Å². The molecule has 0 saturated heterocycles. The fraction of sp³-hybridized carbons (Fsp3) is 0.353. The van der Waals surface area contributed by atoms with Gasteiger partial charge in [0.05, 0.1) is 4.92 Å². The zero-order valence-corrected chi connectivity index (χ0v) is 12.3. The summed E-state index contributed by atoms with van der Waals surface area (Å²) in [7, 11) is 0. The first-order valence-electron chi connectivity index (χ1n) is 7.61. The van der Waals surface area contributed by atoms with E-state index in [4.69, 9.17) is 4.74 Å². The maximum atomic E-state index is 11.4. The van der Waals surface area contributed by atoms with E-state index in [1.807, 2.05) is 6.07 Å². The van der Waals surface area contributed by atoms with E-state index in [9.17, 15) is 10.1 Å². The second-order valence-corrected chi connectivity index (χ2v) is 5.59. The first-order valence-corrected chi connectivity index (χ1v) is 7.61. The molecule has 114 valence electrons. The maximum absolute atomic E-state index is 11.4. The lowest BCUT2D eigenvalue weighted by Gasteiger charge is -2.22. The van der Waals surface area contributed by atoms with Crippen molar-refractivity contribution in [2.45, 2.75) is 38.0 Å². The van der Waals surface area contributed by atoms with Crippen LogP contribution in [0.15, 0.2) is 42.6 Å². The van der Waals surface area contributed by atoms with Gasteiger partial charge in [-0.3, -0.25) is 10.1 Å². The topological polar surface area (TPSA) is 65.3 Å². The van der Waals surface area contributed by atoms with Crippen LogP contribution in [0.1, 0.15) is 43.6 Å². The predicted octanol–water partition coefficient (Wildman–Crippen LogP) is 4.83. The van der Waals surface area contributed by atoms with Gasteiger partial charge in [-0.15, -0.1) is 0 Å². The highest BCUT2D eigenvalue weighted by atomic mass is 16.6. The minimum atomic E-state index is -0.384. The van der Waals surface area contributed by atoms with E-state index >= 15 is 0 Å². The third kappa shape index (κ3) is 3.24. The van der Waals surface area contributed by atoms with Gasteiger partial charge in [0.2, 0.25) is 11.6 Å². The lowest BCUT2D eigenvalue weighted by molar-refractivity contribution is -0.385. The van der Waals surface area contributed by atoms with Crippen LogP contribution in [0.3, 0.4) is 0 Å². The van der Waals surface area contributed by atoms with Gasteiger partial charge >= 0.3 is 5.69 Å². The third-order valence-electron chi connectivity index (χ3n) is 4.11. The lowest BCUT2D eigenvalue weighted by atomic mass is 9.84. The van der Waals surface area contributed by atoms with Gasteiger partial charge in [0.25, 0.3) is 0 Å². The van der Waals surface area contributed by atoms with Crippen LogP contribution >= 0.6 is 0 Å². The number of pyridine rings is 1. The van der Waals surface area contributed by atoms with Gasteiger partial charge in [-0.1, -0.05) is 31.4 Å². The molecule has 3 rings (SSSR count). The Morgan fingerprint density at radius 1 is 1.14 bits per heavy atom. The van der Waals surface area contributed by atoms with Gasteiger partial charge in [0.1, 0.15) is 0 Å². The summed E-state index contributed by atoms with van der Waals surface area (Å²) in [5.74, 6) is 1.02. The van der Waals surface area contributed by atoms with Gasteiger partial charge in [-0.25, -0.2) is 4.98 Å². The van der Waals surface area contributed by atoms with Crippen molar-refractivity contribution in [3.8, 4) is 11.6 Å². The second-order valence-electron chi connectivity index (χ2n) is 5.59. The number of hydrogen-bond acceptors (Lipinski definition) is 4. The summed E-state index contributed by atoms with van der Waals surface area (Å²) in [5, 5.41) is 11.4.